The number of rotatable bonds is 3. The van der Waals surface area contributed by atoms with Crippen molar-refractivity contribution >= 4 is 23.9 Å². The molecule has 14 heavy (non-hydrogen) atoms. The Kier molecular flexibility index (Phi) is 2.65. The summed E-state index contributed by atoms with van der Waals surface area (Å²) in [7, 11) is 0. The highest BCUT2D eigenvalue weighted by Crippen LogP contribution is 1.98. The molecule has 0 radical (unpaired) electrons. The fourth-order valence-corrected chi connectivity index (χ4v) is 0.927. The largest absolute Gasteiger partial charge is 0.352 e. The lowest BCUT2D eigenvalue weighted by atomic mass is 10.5. The van der Waals surface area contributed by atoms with Gasteiger partial charge < -0.3 is 11.1 Å². The van der Waals surface area contributed by atoms with Crippen LogP contribution in [0.15, 0.2) is 0 Å². The van der Waals surface area contributed by atoms with Crippen molar-refractivity contribution in [3.05, 3.63) is 0 Å². The first kappa shape index (κ1) is 9.96. The number of hydrogen-bond donors (Lipinski definition) is 3. The molecule has 0 saturated carbocycles. The first-order chi connectivity index (χ1) is 6.52. The monoisotopic (exact) mass is 200 g/mol. The molecule has 6 amide bonds. The molecule has 0 atom stereocenters. The summed E-state index contributed by atoms with van der Waals surface area (Å²) < 4.78 is 0. The van der Waals surface area contributed by atoms with E-state index in [4.69, 9.17) is 5.73 Å². The molecule has 0 unspecified atom stereocenters. The number of imide groups is 2. The Bertz CT molecular complexity index is 313. The van der Waals surface area contributed by atoms with Gasteiger partial charge in [-0.3, -0.25) is 19.8 Å². The molecule has 1 saturated heterocycles. The van der Waals surface area contributed by atoms with Crippen LogP contribution >= 0.6 is 0 Å². The van der Waals surface area contributed by atoms with Gasteiger partial charge in [-0.05, 0) is 0 Å². The van der Waals surface area contributed by atoms with Gasteiger partial charge in [-0.15, -0.1) is 0 Å². The van der Waals surface area contributed by atoms with Gasteiger partial charge in [0.1, 0.15) is 0 Å². The number of carbonyl (C=O) groups excluding carboxylic acids is 4. The zero-order chi connectivity index (χ0) is 10.7. The quantitative estimate of drug-likeness (QED) is 0.351. The van der Waals surface area contributed by atoms with Crippen LogP contribution in [0, 0.1) is 0 Å². The van der Waals surface area contributed by atoms with E-state index in [1.165, 1.54) is 0 Å². The van der Waals surface area contributed by atoms with E-state index < -0.39 is 23.9 Å². The second kappa shape index (κ2) is 3.73. The molecule has 1 aliphatic heterocycles. The second-order valence-electron chi connectivity index (χ2n) is 2.51. The van der Waals surface area contributed by atoms with Crippen LogP contribution in [0.5, 0.6) is 0 Å². The molecule has 0 aromatic heterocycles. The lowest BCUT2D eigenvalue weighted by Crippen LogP contribution is -2.40. The Morgan fingerprint density at radius 1 is 1.43 bits per heavy atom. The van der Waals surface area contributed by atoms with Crippen molar-refractivity contribution in [1.82, 2.24) is 15.5 Å². The van der Waals surface area contributed by atoms with Crippen molar-refractivity contribution in [3.8, 4) is 0 Å². The highest BCUT2D eigenvalue weighted by Gasteiger charge is 2.36. The minimum atomic E-state index is -0.964. The van der Waals surface area contributed by atoms with E-state index >= 15 is 0 Å². The summed E-state index contributed by atoms with van der Waals surface area (Å²) in [4.78, 5) is 43.4. The normalized spacial score (nSPS) is 15.7. The van der Waals surface area contributed by atoms with E-state index in [1.807, 2.05) is 5.32 Å². The van der Waals surface area contributed by atoms with Crippen LogP contribution in [-0.2, 0) is 9.59 Å². The minimum absolute atomic E-state index is 0.0156. The molecule has 0 bridgehead atoms. The third-order valence-electron chi connectivity index (χ3n) is 1.54. The van der Waals surface area contributed by atoms with Crippen molar-refractivity contribution in [2.24, 2.45) is 5.73 Å². The third-order valence-corrected chi connectivity index (χ3v) is 1.54. The fourth-order valence-electron chi connectivity index (χ4n) is 0.927. The average Bonchev–Trinajstić information content (AvgIpc) is 2.31. The van der Waals surface area contributed by atoms with Gasteiger partial charge in [0.25, 0.3) is 0 Å². The van der Waals surface area contributed by atoms with Gasteiger partial charge in [-0.25, -0.2) is 9.59 Å². The van der Waals surface area contributed by atoms with Crippen LogP contribution in [0.3, 0.4) is 0 Å². The minimum Gasteiger partial charge on any atom is -0.352 e. The number of nitrogens with zero attached hydrogens (tertiary/aromatic N) is 1. The first-order valence-corrected chi connectivity index (χ1v) is 3.72. The molecule has 0 aliphatic carbocycles. The van der Waals surface area contributed by atoms with E-state index in [-0.39, 0.29) is 13.1 Å². The summed E-state index contributed by atoms with van der Waals surface area (Å²) >= 11 is 0. The third kappa shape index (κ3) is 1.97. The molecule has 76 valence electrons. The second-order valence-corrected chi connectivity index (χ2v) is 2.51. The van der Waals surface area contributed by atoms with E-state index in [9.17, 15) is 19.2 Å². The number of nitrogens with two attached hydrogens (primary N) is 1. The molecule has 0 aromatic rings. The van der Waals surface area contributed by atoms with Crippen molar-refractivity contribution in [2.45, 2.75) is 0 Å². The Morgan fingerprint density at radius 3 is 2.50 bits per heavy atom. The number of urea groups is 2. The summed E-state index contributed by atoms with van der Waals surface area (Å²) in [5.41, 5.74) is 4.75. The molecular formula is C6H8N4O4. The van der Waals surface area contributed by atoms with E-state index in [1.54, 1.807) is 0 Å². The fraction of sp³-hybridized carbons (Fsp3) is 0.333. The maximum atomic E-state index is 10.9. The van der Waals surface area contributed by atoms with E-state index in [2.05, 4.69) is 5.32 Å². The highest BCUT2D eigenvalue weighted by molar-refractivity contribution is 6.44. The molecular weight excluding hydrogens is 192 g/mol. The molecule has 4 N–H and O–H groups in total. The van der Waals surface area contributed by atoms with Crippen LogP contribution in [0.2, 0.25) is 0 Å². The van der Waals surface area contributed by atoms with Gasteiger partial charge in [-0.1, -0.05) is 0 Å². The molecule has 1 fully saturated rings. The number of amides is 6. The summed E-state index contributed by atoms with van der Waals surface area (Å²) in [6.07, 6.45) is 0. The predicted octanol–water partition coefficient (Wildman–Crippen LogP) is -2.27. The van der Waals surface area contributed by atoms with Crippen LogP contribution in [0.25, 0.3) is 0 Å². The Balaban J connectivity index is 2.45. The van der Waals surface area contributed by atoms with Gasteiger partial charge in [0.15, 0.2) is 0 Å². The molecule has 1 aliphatic rings. The van der Waals surface area contributed by atoms with Crippen molar-refractivity contribution in [3.63, 3.8) is 0 Å². The standard InChI is InChI=1S/C6H8N4O4/c7-5(13)8-1-2-10-4(12)3(11)9-6(10)14/h1-2H2,(H3,7,8,13)(H,9,11,14). The van der Waals surface area contributed by atoms with E-state index in [0.29, 0.717) is 4.90 Å². The lowest BCUT2D eigenvalue weighted by molar-refractivity contribution is -0.140. The van der Waals surface area contributed by atoms with Gasteiger partial charge in [0, 0.05) is 13.1 Å². The highest BCUT2D eigenvalue weighted by atomic mass is 16.2. The van der Waals surface area contributed by atoms with Gasteiger partial charge >= 0.3 is 23.9 Å². The maximum absolute atomic E-state index is 10.9. The summed E-state index contributed by atoms with van der Waals surface area (Å²) in [5.74, 6) is -1.89. The summed E-state index contributed by atoms with van der Waals surface area (Å²) in [5, 5.41) is 3.99. The van der Waals surface area contributed by atoms with Gasteiger partial charge in [0.05, 0.1) is 0 Å². The Labute approximate surface area is 78.4 Å². The molecule has 8 heteroatoms. The topological polar surface area (TPSA) is 122 Å². The zero-order valence-corrected chi connectivity index (χ0v) is 7.07. The zero-order valence-electron chi connectivity index (χ0n) is 7.07. The van der Waals surface area contributed by atoms with Gasteiger partial charge in [0.2, 0.25) is 0 Å². The molecule has 8 nitrogen and oxygen atoms in total. The molecule has 1 heterocycles. The van der Waals surface area contributed by atoms with Crippen LogP contribution in [0.1, 0.15) is 0 Å². The lowest BCUT2D eigenvalue weighted by Gasteiger charge is -2.10. The van der Waals surface area contributed by atoms with Crippen molar-refractivity contribution < 1.29 is 19.2 Å². The van der Waals surface area contributed by atoms with E-state index in [0.717, 1.165) is 0 Å². The van der Waals surface area contributed by atoms with Crippen LogP contribution in [-0.4, -0.2) is 41.9 Å². The van der Waals surface area contributed by atoms with Crippen LogP contribution in [0.4, 0.5) is 9.59 Å². The molecule has 0 aromatic carbocycles. The van der Waals surface area contributed by atoms with Crippen LogP contribution < -0.4 is 16.4 Å². The summed E-state index contributed by atoms with van der Waals surface area (Å²) in [6, 6.07) is -1.55. The number of primary amides is 1. The number of carbonyl (C=O) groups is 4. The predicted molar refractivity (Wildman–Crippen MR) is 42.8 cm³/mol. The Hall–Kier alpha value is -2.12. The Morgan fingerprint density at radius 2 is 2.07 bits per heavy atom. The van der Waals surface area contributed by atoms with Crippen molar-refractivity contribution in [1.29, 1.82) is 0 Å². The average molecular weight is 200 g/mol. The first-order valence-electron chi connectivity index (χ1n) is 3.72. The molecule has 1 rings (SSSR count). The summed E-state index contributed by atoms with van der Waals surface area (Å²) in [6.45, 7) is -0.0683. The maximum Gasteiger partial charge on any atom is 0.331 e. The van der Waals surface area contributed by atoms with Crippen molar-refractivity contribution in [2.75, 3.05) is 13.1 Å². The molecule has 0 spiro atoms. The van der Waals surface area contributed by atoms with Gasteiger partial charge in [-0.2, -0.15) is 0 Å². The number of nitrogens with one attached hydrogen (secondary N) is 2. The SMILES string of the molecule is NC(=O)NCCN1C(=O)NC(=O)C1=O. The number of hydrogen-bond acceptors (Lipinski definition) is 4. The smallest absolute Gasteiger partial charge is 0.331 e.